The van der Waals surface area contributed by atoms with Crippen LogP contribution in [0.3, 0.4) is 0 Å². The molecule has 0 radical (unpaired) electrons. The SMILES string of the molecule is COc1ccc(C(=O)NNC(=S)Nc2ccccc2Cl)cc1. The highest BCUT2D eigenvalue weighted by Gasteiger charge is 2.06. The van der Waals surface area contributed by atoms with E-state index in [1.807, 2.05) is 12.1 Å². The van der Waals surface area contributed by atoms with Gasteiger partial charge in [-0.15, -0.1) is 0 Å². The number of anilines is 1. The summed E-state index contributed by atoms with van der Waals surface area (Å²) in [6.07, 6.45) is 0. The molecule has 3 N–H and O–H groups in total. The Morgan fingerprint density at radius 3 is 2.41 bits per heavy atom. The average Bonchev–Trinajstić information content (AvgIpc) is 2.55. The molecule has 22 heavy (non-hydrogen) atoms. The molecule has 0 aromatic heterocycles. The smallest absolute Gasteiger partial charge is 0.269 e. The normalized spacial score (nSPS) is 9.73. The molecule has 0 saturated heterocycles. The number of nitrogens with one attached hydrogen (secondary N) is 3. The van der Waals surface area contributed by atoms with Crippen molar-refractivity contribution in [2.45, 2.75) is 0 Å². The van der Waals surface area contributed by atoms with Crippen molar-refractivity contribution in [3.63, 3.8) is 0 Å². The van der Waals surface area contributed by atoms with Crippen molar-refractivity contribution < 1.29 is 9.53 Å². The number of halogens is 1. The van der Waals surface area contributed by atoms with E-state index in [1.54, 1.807) is 43.5 Å². The van der Waals surface area contributed by atoms with Crippen LogP contribution in [-0.2, 0) is 0 Å². The Labute approximate surface area is 138 Å². The van der Waals surface area contributed by atoms with Gasteiger partial charge in [-0.25, -0.2) is 0 Å². The molecular formula is C15H14ClN3O2S. The maximum Gasteiger partial charge on any atom is 0.269 e. The number of hydrazine groups is 1. The van der Waals surface area contributed by atoms with Gasteiger partial charge in [0.1, 0.15) is 5.75 Å². The van der Waals surface area contributed by atoms with Crippen LogP contribution < -0.4 is 20.9 Å². The van der Waals surface area contributed by atoms with Crippen molar-refractivity contribution >= 4 is 40.5 Å². The van der Waals surface area contributed by atoms with E-state index in [2.05, 4.69) is 16.2 Å². The Morgan fingerprint density at radius 2 is 1.77 bits per heavy atom. The van der Waals surface area contributed by atoms with Crippen molar-refractivity contribution in [2.75, 3.05) is 12.4 Å². The largest absolute Gasteiger partial charge is 0.497 e. The van der Waals surface area contributed by atoms with Gasteiger partial charge >= 0.3 is 0 Å². The first-order valence-electron chi connectivity index (χ1n) is 6.36. The van der Waals surface area contributed by atoms with Crippen LogP contribution in [0.2, 0.25) is 5.02 Å². The summed E-state index contributed by atoms with van der Waals surface area (Å²) in [7, 11) is 1.56. The Morgan fingerprint density at radius 1 is 1.09 bits per heavy atom. The van der Waals surface area contributed by atoms with Gasteiger partial charge < -0.3 is 10.1 Å². The maximum absolute atomic E-state index is 11.9. The molecule has 0 spiro atoms. The summed E-state index contributed by atoms with van der Waals surface area (Å²) < 4.78 is 5.03. The Hall–Kier alpha value is -2.31. The monoisotopic (exact) mass is 335 g/mol. The quantitative estimate of drug-likeness (QED) is 0.594. The molecule has 1 amide bonds. The highest BCUT2D eigenvalue weighted by molar-refractivity contribution is 7.80. The second-order valence-electron chi connectivity index (χ2n) is 4.24. The summed E-state index contributed by atoms with van der Waals surface area (Å²) in [5, 5.41) is 3.66. The number of para-hydroxylation sites is 1. The van der Waals surface area contributed by atoms with Crippen LogP contribution in [0.4, 0.5) is 5.69 Å². The standard InChI is InChI=1S/C15H14ClN3O2S/c1-21-11-8-6-10(7-9-11)14(20)18-19-15(22)17-13-5-3-2-4-12(13)16/h2-9H,1H3,(H,18,20)(H2,17,19,22). The molecule has 0 aliphatic carbocycles. The number of carbonyl (C=O) groups is 1. The fourth-order valence-corrected chi connectivity index (χ4v) is 1.99. The second-order valence-corrected chi connectivity index (χ2v) is 5.06. The third-order valence-electron chi connectivity index (χ3n) is 2.76. The predicted molar refractivity (Wildman–Crippen MR) is 91.3 cm³/mol. The molecule has 5 nitrogen and oxygen atoms in total. The average molecular weight is 336 g/mol. The molecule has 0 saturated carbocycles. The highest BCUT2D eigenvalue weighted by atomic mass is 35.5. The van der Waals surface area contributed by atoms with Gasteiger partial charge in [0.05, 0.1) is 17.8 Å². The third-order valence-corrected chi connectivity index (χ3v) is 3.30. The highest BCUT2D eigenvalue weighted by Crippen LogP contribution is 2.20. The van der Waals surface area contributed by atoms with Crippen LogP contribution in [0.1, 0.15) is 10.4 Å². The lowest BCUT2D eigenvalue weighted by molar-refractivity contribution is 0.0944. The van der Waals surface area contributed by atoms with E-state index in [4.69, 9.17) is 28.6 Å². The van der Waals surface area contributed by atoms with E-state index in [0.29, 0.717) is 22.0 Å². The Balaban J connectivity index is 1.87. The molecule has 2 aromatic rings. The van der Waals surface area contributed by atoms with Crippen LogP contribution in [0, 0.1) is 0 Å². The first kappa shape index (κ1) is 16.1. The van der Waals surface area contributed by atoms with Gasteiger partial charge in [-0.1, -0.05) is 23.7 Å². The summed E-state index contributed by atoms with van der Waals surface area (Å²) in [5.41, 5.74) is 6.25. The van der Waals surface area contributed by atoms with E-state index in [1.165, 1.54) is 0 Å². The molecule has 0 bridgehead atoms. The molecule has 114 valence electrons. The zero-order valence-corrected chi connectivity index (χ0v) is 13.3. The number of hydrogen-bond acceptors (Lipinski definition) is 3. The number of benzene rings is 2. The molecule has 7 heteroatoms. The Bertz CT molecular complexity index is 677. The number of methoxy groups -OCH3 is 1. The number of ether oxygens (including phenoxy) is 1. The fourth-order valence-electron chi connectivity index (χ4n) is 1.64. The maximum atomic E-state index is 11.9. The molecule has 0 unspecified atom stereocenters. The number of hydrogen-bond donors (Lipinski definition) is 3. The first-order chi connectivity index (χ1) is 10.6. The zero-order valence-electron chi connectivity index (χ0n) is 11.7. The summed E-state index contributed by atoms with van der Waals surface area (Å²) in [6.45, 7) is 0. The van der Waals surface area contributed by atoms with Gasteiger partial charge in [0.25, 0.3) is 5.91 Å². The molecule has 2 aromatic carbocycles. The van der Waals surface area contributed by atoms with Crippen LogP contribution in [0.25, 0.3) is 0 Å². The lowest BCUT2D eigenvalue weighted by Crippen LogP contribution is -2.43. The van der Waals surface area contributed by atoms with E-state index < -0.39 is 0 Å². The fraction of sp³-hybridized carbons (Fsp3) is 0.0667. The van der Waals surface area contributed by atoms with Crippen molar-refractivity contribution in [1.82, 2.24) is 10.9 Å². The summed E-state index contributed by atoms with van der Waals surface area (Å²) in [6, 6.07) is 13.9. The third kappa shape index (κ3) is 4.34. The van der Waals surface area contributed by atoms with Gasteiger partial charge in [-0.2, -0.15) is 0 Å². The van der Waals surface area contributed by atoms with E-state index in [9.17, 15) is 4.79 Å². The molecule has 0 fully saturated rings. The van der Waals surface area contributed by atoms with Gasteiger partial charge in [-0.05, 0) is 48.6 Å². The van der Waals surface area contributed by atoms with Crippen molar-refractivity contribution in [3.05, 3.63) is 59.1 Å². The van der Waals surface area contributed by atoms with E-state index in [-0.39, 0.29) is 11.0 Å². The number of thiocarbonyl (C=S) groups is 1. The number of rotatable bonds is 3. The minimum atomic E-state index is -0.314. The lowest BCUT2D eigenvalue weighted by atomic mass is 10.2. The first-order valence-corrected chi connectivity index (χ1v) is 7.14. The van der Waals surface area contributed by atoms with Crippen molar-refractivity contribution in [3.8, 4) is 5.75 Å². The predicted octanol–water partition coefficient (Wildman–Crippen LogP) is 2.98. The lowest BCUT2D eigenvalue weighted by Gasteiger charge is -2.12. The Kier molecular flexibility index (Phi) is 5.57. The van der Waals surface area contributed by atoms with Gasteiger partial charge in [0.2, 0.25) is 0 Å². The van der Waals surface area contributed by atoms with Crippen LogP contribution in [-0.4, -0.2) is 18.1 Å². The topological polar surface area (TPSA) is 62.4 Å². The van der Waals surface area contributed by atoms with Gasteiger partial charge in [0.15, 0.2) is 5.11 Å². The van der Waals surface area contributed by atoms with E-state index >= 15 is 0 Å². The summed E-state index contributed by atoms with van der Waals surface area (Å²) >= 11 is 11.1. The number of carbonyl (C=O) groups excluding carboxylic acids is 1. The van der Waals surface area contributed by atoms with Crippen LogP contribution >= 0.6 is 23.8 Å². The van der Waals surface area contributed by atoms with E-state index in [0.717, 1.165) is 0 Å². The molecule has 0 heterocycles. The number of amides is 1. The van der Waals surface area contributed by atoms with Crippen molar-refractivity contribution in [1.29, 1.82) is 0 Å². The zero-order chi connectivity index (χ0) is 15.9. The minimum absolute atomic E-state index is 0.231. The van der Waals surface area contributed by atoms with Crippen LogP contribution in [0.5, 0.6) is 5.75 Å². The molecule has 0 aliphatic heterocycles. The summed E-state index contributed by atoms with van der Waals surface area (Å²) in [4.78, 5) is 11.9. The second kappa shape index (κ2) is 7.63. The minimum Gasteiger partial charge on any atom is -0.497 e. The summed E-state index contributed by atoms with van der Waals surface area (Å²) in [5.74, 6) is 0.367. The molecule has 0 aliphatic rings. The van der Waals surface area contributed by atoms with Gasteiger partial charge in [0, 0.05) is 5.56 Å². The van der Waals surface area contributed by atoms with Gasteiger partial charge in [-0.3, -0.25) is 15.6 Å². The molecular weight excluding hydrogens is 322 g/mol. The molecule has 2 rings (SSSR count). The molecule has 0 atom stereocenters. The van der Waals surface area contributed by atoms with Crippen molar-refractivity contribution in [2.24, 2.45) is 0 Å². The van der Waals surface area contributed by atoms with Crippen LogP contribution in [0.15, 0.2) is 48.5 Å².